The second-order valence-corrected chi connectivity index (χ2v) is 6.39. The predicted octanol–water partition coefficient (Wildman–Crippen LogP) is 5.36. The van der Waals surface area contributed by atoms with Crippen LogP contribution >= 0.6 is 39.1 Å². The van der Waals surface area contributed by atoms with E-state index in [2.05, 4.69) is 15.9 Å². The van der Waals surface area contributed by atoms with Crippen molar-refractivity contribution in [1.82, 2.24) is 0 Å². The van der Waals surface area contributed by atoms with Gasteiger partial charge in [-0.1, -0.05) is 27.5 Å². The molecule has 110 valence electrons. The zero-order valence-electron chi connectivity index (χ0n) is 11.2. The molecule has 0 radical (unpaired) electrons. The minimum atomic E-state index is 0.423. The smallest absolute Gasteiger partial charge is 0.129 e. The Morgan fingerprint density at radius 2 is 2.05 bits per heavy atom. The normalized spacial score (nSPS) is 12.9. The number of hydrogen-bond donors (Lipinski definition) is 0. The van der Waals surface area contributed by atoms with Crippen LogP contribution in [0.3, 0.4) is 0 Å². The van der Waals surface area contributed by atoms with Gasteiger partial charge < -0.3 is 9.47 Å². The van der Waals surface area contributed by atoms with E-state index in [1.54, 1.807) is 0 Å². The summed E-state index contributed by atoms with van der Waals surface area (Å²) in [7, 11) is 0. The molecule has 0 N–H and O–H groups in total. The first-order valence-corrected chi connectivity index (χ1v) is 8.29. The maximum Gasteiger partial charge on any atom is 0.129 e. The maximum atomic E-state index is 6.14. The molecule has 0 bridgehead atoms. The molecule has 1 aliphatic heterocycles. The second kappa shape index (κ2) is 6.47. The molecule has 1 heterocycles. The number of benzene rings is 2. The first kappa shape index (κ1) is 15.0. The lowest BCUT2D eigenvalue weighted by atomic mass is 10.1. The van der Waals surface area contributed by atoms with Gasteiger partial charge in [-0.05, 0) is 41.5 Å². The largest absolute Gasteiger partial charge is 0.493 e. The average Bonchev–Trinajstić information content (AvgIpc) is 2.94. The molecule has 0 amide bonds. The van der Waals surface area contributed by atoms with Gasteiger partial charge in [-0.3, -0.25) is 0 Å². The minimum absolute atomic E-state index is 0.423. The van der Waals surface area contributed by atoms with Crippen LogP contribution in [0.1, 0.15) is 16.7 Å². The lowest BCUT2D eigenvalue weighted by Gasteiger charge is -2.12. The average molecular weight is 388 g/mol. The van der Waals surface area contributed by atoms with Gasteiger partial charge in [-0.25, -0.2) is 0 Å². The Kier molecular flexibility index (Phi) is 4.63. The van der Waals surface area contributed by atoms with Crippen molar-refractivity contribution in [2.24, 2.45) is 0 Å². The van der Waals surface area contributed by atoms with Crippen molar-refractivity contribution in [2.75, 3.05) is 6.61 Å². The summed E-state index contributed by atoms with van der Waals surface area (Å²) in [6, 6.07) is 9.63. The van der Waals surface area contributed by atoms with E-state index in [1.807, 2.05) is 30.3 Å². The summed E-state index contributed by atoms with van der Waals surface area (Å²) < 4.78 is 12.5. The Morgan fingerprint density at radius 3 is 2.86 bits per heavy atom. The van der Waals surface area contributed by atoms with Crippen LogP contribution in [-0.2, 0) is 18.9 Å². The lowest BCUT2D eigenvalue weighted by molar-refractivity contribution is 0.291. The molecule has 2 aromatic rings. The highest BCUT2D eigenvalue weighted by Crippen LogP contribution is 2.34. The number of alkyl halides is 1. The third-order valence-electron chi connectivity index (χ3n) is 3.38. The summed E-state index contributed by atoms with van der Waals surface area (Å²) in [5.74, 6) is 2.13. The summed E-state index contributed by atoms with van der Waals surface area (Å²) in [6.07, 6.45) is 0.900. The third kappa shape index (κ3) is 3.31. The van der Waals surface area contributed by atoms with Gasteiger partial charge >= 0.3 is 0 Å². The van der Waals surface area contributed by atoms with Gasteiger partial charge in [0.25, 0.3) is 0 Å². The highest BCUT2D eigenvalue weighted by atomic mass is 79.9. The topological polar surface area (TPSA) is 18.5 Å². The molecule has 0 aromatic heterocycles. The van der Waals surface area contributed by atoms with Crippen LogP contribution in [0.4, 0.5) is 0 Å². The molecule has 0 saturated heterocycles. The number of halogens is 3. The molecular weight excluding hydrogens is 375 g/mol. The van der Waals surface area contributed by atoms with Crippen LogP contribution in [0, 0.1) is 0 Å². The van der Waals surface area contributed by atoms with Crippen molar-refractivity contribution in [1.29, 1.82) is 0 Å². The van der Waals surface area contributed by atoms with E-state index < -0.39 is 0 Å². The predicted molar refractivity (Wildman–Crippen MR) is 88.7 cm³/mol. The van der Waals surface area contributed by atoms with Crippen LogP contribution in [0.25, 0.3) is 0 Å². The van der Waals surface area contributed by atoms with Gasteiger partial charge in [0, 0.05) is 27.4 Å². The van der Waals surface area contributed by atoms with E-state index in [1.165, 1.54) is 0 Å². The Labute approximate surface area is 142 Å². The van der Waals surface area contributed by atoms with Gasteiger partial charge in [0.1, 0.15) is 18.1 Å². The van der Waals surface area contributed by atoms with Crippen LogP contribution < -0.4 is 9.47 Å². The molecule has 0 unspecified atom stereocenters. The Balaban J connectivity index is 1.79. The van der Waals surface area contributed by atoms with Crippen LogP contribution in [-0.4, -0.2) is 6.61 Å². The lowest BCUT2D eigenvalue weighted by Crippen LogP contribution is -1.99. The summed E-state index contributed by atoms with van der Waals surface area (Å²) in [5.41, 5.74) is 3.13. The van der Waals surface area contributed by atoms with Crippen LogP contribution in [0.15, 0.2) is 34.8 Å². The summed E-state index contributed by atoms with van der Waals surface area (Å²) in [5, 5.41) is 0.718. The molecule has 0 fully saturated rings. The van der Waals surface area contributed by atoms with Crippen LogP contribution in [0.5, 0.6) is 11.5 Å². The molecular formula is C16H13BrCl2O2. The second-order valence-electron chi connectivity index (χ2n) is 4.83. The molecule has 21 heavy (non-hydrogen) atoms. The molecule has 0 aliphatic carbocycles. The molecule has 2 aromatic carbocycles. The molecule has 0 saturated carbocycles. The minimum Gasteiger partial charge on any atom is -0.493 e. The van der Waals surface area contributed by atoms with E-state index in [9.17, 15) is 0 Å². The first-order chi connectivity index (χ1) is 10.2. The zero-order valence-corrected chi connectivity index (χ0v) is 14.3. The Hall–Kier alpha value is -0.900. The summed E-state index contributed by atoms with van der Waals surface area (Å²) >= 11 is 15.5. The highest BCUT2D eigenvalue weighted by molar-refractivity contribution is 9.10. The van der Waals surface area contributed by atoms with Gasteiger partial charge in [0.05, 0.1) is 6.61 Å². The molecule has 5 heteroatoms. The van der Waals surface area contributed by atoms with Crippen molar-refractivity contribution in [3.8, 4) is 11.5 Å². The van der Waals surface area contributed by atoms with E-state index in [0.717, 1.165) is 44.1 Å². The van der Waals surface area contributed by atoms with Crippen LogP contribution in [0.2, 0.25) is 5.02 Å². The zero-order chi connectivity index (χ0) is 14.8. The molecule has 2 nitrogen and oxygen atoms in total. The van der Waals surface area contributed by atoms with Crippen molar-refractivity contribution in [2.45, 2.75) is 18.9 Å². The van der Waals surface area contributed by atoms with Gasteiger partial charge in [0.15, 0.2) is 0 Å². The standard InChI is InChI=1S/C16H13BrCl2O2/c17-15-2-1-14(7-11(15)8-18)21-9-12-6-13(19)5-10-3-4-20-16(10)12/h1-2,5-7H,3-4,8-9H2. The van der Waals surface area contributed by atoms with Gasteiger partial charge in [-0.15, -0.1) is 11.6 Å². The molecule has 0 spiro atoms. The number of ether oxygens (including phenoxy) is 2. The number of fused-ring (bicyclic) bond motifs is 1. The quantitative estimate of drug-likeness (QED) is 0.658. The van der Waals surface area contributed by atoms with Crippen molar-refractivity contribution in [3.05, 3.63) is 56.5 Å². The van der Waals surface area contributed by atoms with E-state index in [0.29, 0.717) is 19.1 Å². The highest BCUT2D eigenvalue weighted by Gasteiger charge is 2.18. The SMILES string of the molecule is ClCc1cc(OCc2cc(Cl)cc3c2OCC3)ccc1Br. The third-order valence-corrected chi connectivity index (χ3v) is 4.66. The van der Waals surface area contributed by atoms with E-state index >= 15 is 0 Å². The fourth-order valence-corrected chi connectivity index (χ4v) is 3.39. The van der Waals surface area contributed by atoms with E-state index in [4.69, 9.17) is 32.7 Å². The first-order valence-electron chi connectivity index (χ1n) is 6.58. The Morgan fingerprint density at radius 1 is 1.19 bits per heavy atom. The molecule has 3 rings (SSSR count). The molecule has 0 atom stereocenters. The maximum absolute atomic E-state index is 6.14. The monoisotopic (exact) mass is 386 g/mol. The Bertz CT molecular complexity index is 674. The van der Waals surface area contributed by atoms with Crippen molar-refractivity contribution < 1.29 is 9.47 Å². The number of hydrogen-bond acceptors (Lipinski definition) is 2. The summed E-state index contributed by atoms with van der Waals surface area (Å²) in [6.45, 7) is 1.13. The molecule has 1 aliphatic rings. The van der Waals surface area contributed by atoms with E-state index in [-0.39, 0.29) is 0 Å². The van der Waals surface area contributed by atoms with Gasteiger partial charge in [0.2, 0.25) is 0 Å². The summed E-state index contributed by atoms with van der Waals surface area (Å²) in [4.78, 5) is 0. The fourth-order valence-electron chi connectivity index (χ4n) is 2.36. The van der Waals surface area contributed by atoms with Gasteiger partial charge in [-0.2, -0.15) is 0 Å². The van der Waals surface area contributed by atoms with Crippen molar-refractivity contribution >= 4 is 39.1 Å². The fraction of sp³-hybridized carbons (Fsp3) is 0.250. The van der Waals surface area contributed by atoms with Crippen molar-refractivity contribution in [3.63, 3.8) is 0 Å². The number of rotatable bonds is 4.